The van der Waals surface area contributed by atoms with Gasteiger partial charge in [0.1, 0.15) is 0 Å². The van der Waals surface area contributed by atoms with Crippen LogP contribution in [0.25, 0.3) is 11.1 Å². The Morgan fingerprint density at radius 3 is 2.32 bits per heavy atom. The van der Waals surface area contributed by atoms with Crippen molar-refractivity contribution in [2.45, 2.75) is 26.4 Å². The summed E-state index contributed by atoms with van der Waals surface area (Å²) in [6.45, 7) is 4.13. The first-order valence-electron chi connectivity index (χ1n) is 12.1. The number of esters is 1. The minimum absolute atomic E-state index is 0.0330. The molecule has 0 saturated carbocycles. The molecule has 37 heavy (non-hydrogen) atoms. The smallest absolute Gasteiger partial charge is 0.343 e. The highest BCUT2D eigenvalue weighted by Gasteiger charge is 2.38. The van der Waals surface area contributed by atoms with Gasteiger partial charge in [0.2, 0.25) is 18.3 Å². The van der Waals surface area contributed by atoms with Crippen LogP contribution in [0.3, 0.4) is 0 Å². The van der Waals surface area contributed by atoms with Gasteiger partial charge in [-0.25, -0.2) is 4.79 Å². The number of fused-ring (bicyclic) bond motifs is 4. The number of carbonyl (C=O) groups excluding carboxylic acids is 1. The number of carbonyl (C=O) groups is 1. The Balaban J connectivity index is 1.86. The van der Waals surface area contributed by atoms with Crippen molar-refractivity contribution < 1.29 is 38.3 Å². The molecule has 3 aromatic rings. The molecule has 0 saturated heterocycles. The molecule has 0 aromatic heterocycles. The van der Waals surface area contributed by atoms with Gasteiger partial charge in [-0.2, -0.15) is 0 Å². The van der Waals surface area contributed by atoms with Crippen LogP contribution in [0, 0.1) is 11.8 Å². The van der Waals surface area contributed by atoms with Crippen molar-refractivity contribution in [3.63, 3.8) is 0 Å². The van der Waals surface area contributed by atoms with E-state index in [0.717, 1.165) is 5.56 Å². The SMILES string of the molecule is COc1cc2c(c(OC(=O)c3ccccc3)c1OC)-c1c(cc3c(c1OC)OCO3)[C@H](O)[C@H](C)[C@H](C)C2. The quantitative estimate of drug-likeness (QED) is 0.373. The van der Waals surface area contributed by atoms with E-state index >= 15 is 0 Å². The number of hydrogen-bond donors (Lipinski definition) is 1. The lowest BCUT2D eigenvalue weighted by molar-refractivity contribution is 0.0729. The van der Waals surface area contributed by atoms with Crippen LogP contribution in [0.1, 0.15) is 41.4 Å². The molecule has 3 atom stereocenters. The second-order valence-electron chi connectivity index (χ2n) is 9.32. The molecule has 194 valence electrons. The molecule has 1 heterocycles. The highest BCUT2D eigenvalue weighted by Crippen LogP contribution is 2.58. The van der Waals surface area contributed by atoms with Gasteiger partial charge < -0.3 is 33.5 Å². The summed E-state index contributed by atoms with van der Waals surface area (Å²) in [7, 11) is 4.56. The molecule has 0 fully saturated rings. The Bertz CT molecular complexity index is 1330. The summed E-state index contributed by atoms with van der Waals surface area (Å²) in [5.74, 6) is 1.59. The van der Waals surface area contributed by atoms with Gasteiger partial charge in [-0.15, -0.1) is 0 Å². The number of methoxy groups -OCH3 is 3. The zero-order chi connectivity index (χ0) is 26.3. The standard InChI is InChI=1S/C29H30O8/c1-15-11-18-12-20(32-3)25(33-4)28(37-29(31)17-9-7-6-8-10-17)22(18)23-19(24(30)16(15)2)13-21-26(27(23)34-5)36-14-35-21/h6-10,12-13,15-16,24,30H,11,14H2,1-5H3/t15-,16-,24-/m1/s1. The first-order valence-corrected chi connectivity index (χ1v) is 12.1. The van der Waals surface area contributed by atoms with Crippen molar-refractivity contribution >= 4 is 5.97 Å². The van der Waals surface area contributed by atoms with Crippen LogP contribution in [-0.4, -0.2) is 39.2 Å². The second-order valence-corrected chi connectivity index (χ2v) is 9.32. The van der Waals surface area contributed by atoms with Gasteiger partial charge in [0.05, 0.1) is 33.0 Å². The van der Waals surface area contributed by atoms with Crippen LogP contribution in [0.2, 0.25) is 0 Å². The number of benzene rings is 3. The van der Waals surface area contributed by atoms with Crippen molar-refractivity contribution in [1.29, 1.82) is 0 Å². The molecule has 5 rings (SSSR count). The van der Waals surface area contributed by atoms with E-state index in [9.17, 15) is 9.90 Å². The summed E-state index contributed by atoms with van der Waals surface area (Å²) < 4.78 is 34.8. The Kier molecular flexibility index (Phi) is 6.60. The maximum Gasteiger partial charge on any atom is 0.343 e. The number of aliphatic hydroxyl groups excluding tert-OH is 1. The van der Waals surface area contributed by atoms with Crippen molar-refractivity contribution in [2.24, 2.45) is 11.8 Å². The lowest BCUT2D eigenvalue weighted by Crippen LogP contribution is -2.23. The Hall–Kier alpha value is -3.91. The van der Waals surface area contributed by atoms with E-state index in [1.54, 1.807) is 37.4 Å². The maximum atomic E-state index is 13.3. The van der Waals surface area contributed by atoms with Crippen LogP contribution in [0.15, 0.2) is 42.5 Å². The van der Waals surface area contributed by atoms with Crippen molar-refractivity contribution in [3.05, 3.63) is 59.2 Å². The van der Waals surface area contributed by atoms with E-state index in [1.807, 2.05) is 19.1 Å². The van der Waals surface area contributed by atoms with E-state index < -0.39 is 12.1 Å². The molecule has 0 spiro atoms. The summed E-state index contributed by atoms with van der Waals surface area (Å²) >= 11 is 0. The van der Waals surface area contributed by atoms with Gasteiger partial charge in [0.15, 0.2) is 23.0 Å². The third-order valence-electron chi connectivity index (χ3n) is 7.27. The first kappa shape index (κ1) is 24.8. The zero-order valence-electron chi connectivity index (χ0n) is 21.5. The number of aliphatic hydroxyl groups is 1. The average molecular weight is 507 g/mol. The summed E-state index contributed by atoms with van der Waals surface area (Å²) in [5, 5.41) is 11.5. The molecule has 1 aliphatic carbocycles. The van der Waals surface area contributed by atoms with Crippen molar-refractivity contribution in [1.82, 2.24) is 0 Å². The first-order chi connectivity index (χ1) is 17.9. The van der Waals surface area contributed by atoms with Crippen LogP contribution in [0.4, 0.5) is 0 Å². The Labute approximate surface area is 215 Å². The van der Waals surface area contributed by atoms with Gasteiger partial charge in [0, 0.05) is 11.1 Å². The molecule has 8 heteroatoms. The van der Waals surface area contributed by atoms with Crippen LogP contribution >= 0.6 is 0 Å². The van der Waals surface area contributed by atoms with E-state index in [2.05, 4.69) is 6.92 Å². The molecular formula is C29H30O8. The van der Waals surface area contributed by atoms with Gasteiger partial charge in [-0.3, -0.25) is 0 Å². The van der Waals surface area contributed by atoms with Crippen LogP contribution in [0.5, 0.6) is 34.5 Å². The average Bonchev–Trinajstić information content (AvgIpc) is 3.39. The fraction of sp³-hybridized carbons (Fsp3) is 0.345. The summed E-state index contributed by atoms with van der Waals surface area (Å²) in [6.07, 6.45) is -0.256. The molecule has 0 unspecified atom stereocenters. The number of rotatable bonds is 5. The predicted molar refractivity (Wildman–Crippen MR) is 136 cm³/mol. The molecule has 0 radical (unpaired) electrons. The topological polar surface area (TPSA) is 92.7 Å². The minimum Gasteiger partial charge on any atom is -0.493 e. The van der Waals surface area contributed by atoms with Gasteiger partial charge in [-0.1, -0.05) is 32.0 Å². The third-order valence-corrected chi connectivity index (χ3v) is 7.27. The monoisotopic (exact) mass is 506 g/mol. The Morgan fingerprint density at radius 2 is 1.65 bits per heavy atom. The molecule has 1 N–H and O–H groups in total. The number of ether oxygens (including phenoxy) is 6. The molecule has 2 aliphatic rings. The zero-order valence-corrected chi connectivity index (χ0v) is 21.5. The maximum absolute atomic E-state index is 13.3. The molecule has 3 aromatic carbocycles. The Morgan fingerprint density at radius 1 is 0.919 bits per heavy atom. The van der Waals surface area contributed by atoms with E-state index in [1.165, 1.54) is 14.2 Å². The molecule has 0 amide bonds. The van der Waals surface area contributed by atoms with E-state index in [-0.39, 0.29) is 30.1 Å². The lowest BCUT2D eigenvalue weighted by atomic mass is 9.76. The predicted octanol–water partition coefficient (Wildman–Crippen LogP) is 5.19. The molecule has 1 aliphatic heterocycles. The third kappa shape index (κ3) is 4.11. The van der Waals surface area contributed by atoms with Crippen molar-refractivity contribution in [2.75, 3.05) is 28.1 Å². The molecule has 0 bridgehead atoms. The fourth-order valence-electron chi connectivity index (χ4n) is 5.11. The van der Waals surface area contributed by atoms with Crippen LogP contribution < -0.4 is 28.4 Å². The van der Waals surface area contributed by atoms with E-state index in [0.29, 0.717) is 51.7 Å². The summed E-state index contributed by atoms with van der Waals surface area (Å²) in [6, 6.07) is 12.4. The van der Waals surface area contributed by atoms with Gasteiger partial charge in [-0.05, 0) is 53.6 Å². The summed E-state index contributed by atoms with van der Waals surface area (Å²) in [4.78, 5) is 13.3. The fourth-order valence-corrected chi connectivity index (χ4v) is 5.11. The highest BCUT2D eigenvalue weighted by molar-refractivity contribution is 5.95. The largest absolute Gasteiger partial charge is 0.493 e. The summed E-state index contributed by atoms with van der Waals surface area (Å²) in [5.41, 5.74) is 2.96. The molecular weight excluding hydrogens is 476 g/mol. The molecule has 8 nitrogen and oxygen atoms in total. The second kappa shape index (κ2) is 9.86. The van der Waals surface area contributed by atoms with Crippen LogP contribution in [-0.2, 0) is 6.42 Å². The number of hydrogen-bond acceptors (Lipinski definition) is 8. The van der Waals surface area contributed by atoms with E-state index in [4.69, 9.17) is 28.4 Å². The highest BCUT2D eigenvalue weighted by atomic mass is 16.7. The van der Waals surface area contributed by atoms with Crippen molar-refractivity contribution in [3.8, 4) is 45.6 Å². The normalized spacial score (nSPS) is 19.7. The van der Waals surface area contributed by atoms with Gasteiger partial charge >= 0.3 is 5.97 Å². The lowest BCUT2D eigenvalue weighted by Gasteiger charge is -2.33. The minimum atomic E-state index is -0.840. The van der Waals surface area contributed by atoms with Gasteiger partial charge in [0.25, 0.3) is 0 Å².